The predicted molar refractivity (Wildman–Crippen MR) is 101 cm³/mol. The summed E-state index contributed by atoms with van der Waals surface area (Å²) < 4.78 is 17.8. The van der Waals surface area contributed by atoms with Crippen molar-refractivity contribution >= 4 is 28.4 Å². The normalized spacial score (nSPS) is 11.5. The zero-order valence-corrected chi connectivity index (χ0v) is 15.0. The van der Waals surface area contributed by atoms with Crippen molar-refractivity contribution in [2.24, 2.45) is 0 Å². The number of fused-ring (bicyclic) bond motifs is 3. The van der Waals surface area contributed by atoms with Crippen molar-refractivity contribution in [1.29, 1.82) is 0 Å². The largest absolute Gasteiger partial charge is 0.305 e. The van der Waals surface area contributed by atoms with E-state index in [-0.39, 0.29) is 17.9 Å². The Kier molecular flexibility index (Phi) is 4.24. The van der Waals surface area contributed by atoms with Crippen LogP contribution < -0.4 is 5.56 Å². The maximum absolute atomic E-state index is 14.3. The second-order valence-corrected chi connectivity index (χ2v) is 6.65. The van der Waals surface area contributed by atoms with E-state index < -0.39 is 0 Å². The molecule has 4 nitrogen and oxygen atoms in total. The molecular weight excluding hydrogens is 353 g/mol. The molecule has 0 bridgehead atoms. The molecule has 4 aromatic rings. The first-order valence-electron chi connectivity index (χ1n) is 8.53. The standard InChI is InChI=1S/C20H17ClFN3O/c1-2-6-13-11-19(26)25-18-10-4-3-9-17(18)24(20(25)23-13)12-14-15(21)7-5-8-16(14)22/h3-5,7-11H,2,6,12H2,1H3. The summed E-state index contributed by atoms with van der Waals surface area (Å²) in [5.41, 5.74) is 2.54. The van der Waals surface area contributed by atoms with Gasteiger partial charge in [0.15, 0.2) is 0 Å². The van der Waals surface area contributed by atoms with Gasteiger partial charge in [-0.15, -0.1) is 0 Å². The highest BCUT2D eigenvalue weighted by molar-refractivity contribution is 6.31. The van der Waals surface area contributed by atoms with Crippen molar-refractivity contribution in [3.05, 3.63) is 81.0 Å². The van der Waals surface area contributed by atoms with Crippen molar-refractivity contribution in [1.82, 2.24) is 14.0 Å². The Bertz CT molecular complexity index is 1160. The Morgan fingerprint density at radius 2 is 1.88 bits per heavy atom. The summed E-state index contributed by atoms with van der Waals surface area (Å²) in [7, 11) is 0. The van der Waals surface area contributed by atoms with E-state index >= 15 is 0 Å². The number of aryl methyl sites for hydroxylation is 1. The van der Waals surface area contributed by atoms with Gasteiger partial charge in [0, 0.05) is 22.3 Å². The molecular formula is C20H17ClFN3O. The molecule has 0 unspecified atom stereocenters. The third-order valence-electron chi connectivity index (χ3n) is 4.49. The maximum Gasteiger partial charge on any atom is 0.259 e. The smallest absolute Gasteiger partial charge is 0.259 e. The SMILES string of the molecule is CCCc1cc(=O)n2c3ccccc3n(Cc3c(F)cccc3Cl)c2n1. The molecule has 0 fully saturated rings. The fourth-order valence-corrected chi connectivity index (χ4v) is 3.52. The molecule has 0 aliphatic carbocycles. The Morgan fingerprint density at radius 1 is 1.12 bits per heavy atom. The van der Waals surface area contributed by atoms with Gasteiger partial charge in [0.2, 0.25) is 5.78 Å². The Morgan fingerprint density at radius 3 is 2.62 bits per heavy atom. The highest BCUT2D eigenvalue weighted by Crippen LogP contribution is 2.25. The fraction of sp³-hybridized carbons (Fsp3) is 0.200. The number of hydrogen-bond donors (Lipinski definition) is 0. The first-order chi connectivity index (χ1) is 12.6. The van der Waals surface area contributed by atoms with Crippen molar-refractivity contribution in [3.63, 3.8) is 0 Å². The van der Waals surface area contributed by atoms with Crippen molar-refractivity contribution < 1.29 is 4.39 Å². The van der Waals surface area contributed by atoms with E-state index in [0.717, 1.165) is 23.1 Å². The summed E-state index contributed by atoms with van der Waals surface area (Å²) in [5.74, 6) is 0.127. The molecule has 0 spiro atoms. The quantitative estimate of drug-likeness (QED) is 0.533. The molecule has 2 heterocycles. The number of halogens is 2. The Labute approximate surface area is 154 Å². The van der Waals surface area contributed by atoms with Crippen molar-refractivity contribution in [2.75, 3.05) is 0 Å². The maximum atomic E-state index is 14.3. The molecule has 0 aliphatic heterocycles. The minimum atomic E-state index is -0.375. The molecule has 132 valence electrons. The van der Waals surface area contributed by atoms with Gasteiger partial charge in [0.1, 0.15) is 5.82 Å². The van der Waals surface area contributed by atoms with E-state index in [4.69, 9.17) is 11.6 Å². The van der Waals surface area contributed by atoms with Crippen LogP contribution in [0.4, 0.5) is 4.39 Å². The lowest BCUT2D eigenvalue weighted by atomic mass is 10.2. The number of aromatic nitrogens is 3. The zero-order valence-electron chi connectivity index (χ0n) is 14.2. The summed E-state index contributed by atoms with van der Waals surface area (Å²) in [6.45, 7) is 2.24. The number of imidazole rings is 1. The molecule has 0 radical (unpaired) electrons. The Balaban J connectivity index is 2.04. The lowest BCUT2D eigenvalue weighted by molar-refractivity contribution is 0.603. The number of nitrogens with zero attached hydrogens (tertiary/aromatic N) is 3. The van der Waals surface area contributed by atoms with E-state index in [1.807, 2.05) is 35.8 Å². The third-order valence-corrected chi connectivity index (χ3v) is 4.85. The summed E-state index contributed by atoms with van der Waals surface area (Å²) in [6, 6.07) is 13.7. The molecule has 4 rings (SSSR count). The molecule has 2 aromatic heterocycles. The van der Waals surface area contributed by atoms with Crippen molar-refractivity contribution in [2.45, 2.75) is 26.3 Å². The van der Waals surface area contributed by atoms with Crippen LogP contribution in [0.15, 0.2) is 53.3 Å². The molecule has 0 saturated carbocycles. The Hall–Kier alpha value is -2.66. The van der Waals surface area contributed by atoms with Gasteiger partial charge in [-0.3, -0.25) is 4.79 Å². The van der Waals surface area contributed by atoms with Crippen LogP contribution in [0.2, 0.25) is 5.02 Å². The van der Waals surface area contributed by atoms with Crippen LogP contribution in [0.3, 0.4) is 0 Å². The molecule has 6 heteroatoms. The van der Waals surface area contributed by atoms with Crippen LogP contribution in [0.25, 0.3) is 16.8 Å². The van der Waals surface area contributed by atoms with Crippen LogP contribution in [0.5, 0.6) is 0 Å². The van der Waals surface area contributed by atoms with Crippen LogP contribution >= 0.6 is 11.6 Å². The van der Waals surface area contributed by atoms with Gasteiger partial charge >= 0.3 is 0 Å². The van der Waals surface area contributed by atoms with E-state index in [2.05, 4.69) is 4.98 Å². The number of hydrogen-bond acceptors (Lipinski definition) is 2. The summed E-state index contributed by atoms with van der Waals surface area (Å²) >= 11 is 6.22. The molecule has 0 amide bonds. The number of rotatable bonds is 4. The van der Waals surface area contributed by atoms with Crippen molar-refractivity contribution in [3.8, 4) is 0 Å². The highest BCUT2D eigenvalue weighted by atomic mass is 35.5. The second kappa shape index (κ2) is 6.57. The van der Waals surface area contributed by atoms with Gasteiger partial charge in [-0.1, -0.05) is 43.1 Å². The van der Waals surface area contributed by atoms with Gasteiger partial charge < -0.3 is 4.57 Å². The van der Waals surface area contributed by atoms with E-state index in [0.29, 0.717) is 22.8 Å². The zero-order chi connectivity index (χ0) is 18.3. The van der Waals surface area contributed by atoms with E-state index in [1.165, 1.54) is 6.07 Å². The van der Waals surface area contributed by atoms with Gasteiger partial charge in [-0.25, -0.2) is 13.8 Å². The van der Waals surface area contributed by atoms with Crippen LogP contribution in [0, 0.1) is 5.82 Å². The molecule has 26 heavy (non-hydrogen) atoms. The van der Waals surface area contributed by atoms with E-state index in [1.54, 1.807) is 22.6 Å². The van der Waals surface area contributed by atoms with Crippen LogP contribution in [0.1, 0.15) is 24.6 Å². The monoisotopic (exact) mass is 369 g/mol. The highest BCUT2D eigenvalue weighted by Gasteiger charge is 2.17. The summed E-state index contributed by atoms with van der Waals surface area (Å²) in [5, 5.41) is 0.355. The molecule has 0 saturated heterocycles. The van der Waals surface area contributed by atoms with Gasteiger partial charge in [0.05, 0.1) is 17.6 Å². The number of benzene rings is 2. The van der Waals surface area contributed by atoms with E-state index in [9.17, 15) is 9.18 Å². The lowest BCUT2D eigenvalue weighted by Crippen LogP contribution is -2.16. The average Bonchev–Trinajstić information content (AvgIpc) is 2.93. The first kappa shape index (κ1) is 16.8. The summed E-state index contributed by atoms with van der Waals surface area (Å²) in [6.07, 6.45) is 1.61. The molecule has 0 atom stereocenters. The lowest BCUT2D eigenvalue weighted by Gasteiger charge is -2.09. The van der Waals surface area contributed by atoms with Crippen LogP contribution in [-0.2, 0) is 13.0 Å². The topological polar surface area (TPSA) is 39.3 Å². The molecule has 2 aromatic carbocycles. The third kappa shape index (κ3) is 2.69. The van der Waals surface area contributed by atoms with Gasteiger partial charge in [-0.2, -0.15) is 0 Å². The fourth-order valence-electron chi connectivity index (χ4n) is 3.29. The first-order valence-corrected chi connectivity index (χ1v) is 8.90. The predicted octanol–water partition coefficient (Wildman–Crippen LogP) is 4.44. The second-order valence-electron chi connectivity index (χ2n) is 6.25. The van der Waals surface area contributed by atoms with Gasteiger partial charge in [-0.05, 0) is 30.7 Å². The minimum absolute atomic E-state index is 0.131. The summed E-state index contributed by atoms with van der Waals surface area (Å²) in [4.78, 5) is 17.4. The van der Waals surface area contributed by atoms with Gasteiger partial charge in [0.25, 0.3) is 5.56 Å². The minimum Gasteiger partial charge on any atom is -0.305 e. The molecule has 0 N–H and O–H groups in total. The molecule has 0 aliphatic rings. The van der Waals surface area contributed by atoms with Crippen LogP contribution in [-0.4, -0.2) is 14.0 Å². The number of para-hydroxylation sites is 2. The average molecular weight is 370 g/mol.